The topological polar surface area (TPSA) is 26.0 Å². The second kappa shape index (κ2) is 2.91. The van der Waals surface area contributed by atoms with E-state index >= 15 is 0 Å². The van der Waals surface area contributed by atoms with Gasteiger partial charge in [-0.1, -0.05) is 0 Å². The van der Waals surface area contributed by atoms with E-state index in [-0.39, 0.29) is 6.54 Å². The van der Waals surface area contributed by atoms with E-state index in [9.17, 15) is 4.39 Å². The molecule has 3 heteroatoms. The zero-order valence-corrected chi connectivity index (χ0v) is 7.54. The fraction of sp³-hybridized carbons (Fsp3) is 0.500. The quantitative estimate of drug-likeness (QED) is 0.729. The molecular weight excluding hydrogens is 161 g/mol. The predicted octanol–water partition coefficient (Wildman–Crippen LogP) is 2.20. The van der Waals surface area contributed by atoms with Crippen LogP contribution in [0.25, 0.3) is 0 Å². The largest absolute Gasteiger partial charge is 0.327 e. The molecule has 0 fully saturated rings. The molecule has 0 aliphatic carbocycles. The van der Waals surface area contributed by atoms with Gasteiger partial charge in [0.25, 0.3) is 0 Å². The molecule has 0 bridgehead atoms. The second-order valence-corrected chi connectivity index (χ2v) is 3.96. The number of rotatable bonds is 2. The minimum absolute atomic E-state index is 0.0448. The monoisotopic (exact) mass is 173 g/mol. The molecule has 62 valence electrons. The van der Waals surface area contributed by atoms with Crippen molar-refractivity contribution in [3.05, 3.63) is 21.9 Å². The van der Waals surface area contributed by atoms with Crippen molar-refractivity contribution in [3.8, 4) is 0 Å². The standard InChI is InChI=1S/C8H12FNS/c1-6-3-7(4-11-6)8(2,9)5-10/h3-4H,5,10H2,1-2H3. The summed E-state index contributed by atoms with van der Waals surface area (Å²) in [6, 6.07) is 1.84. The summed E-state index contributed by atoms with van der Waals surface area (Å²) in [6.45, 7) is 3.51. The average molecular weight is 173 g/mol. The van der Waals surface area contributed by atoms with Gasteiger partial charge in [-0.05, 0) is 25.3 Å². The molecule has 1 unspecified atom stereocenters. The smallest absolute Gasteiger partial charge is 0.146 e. The summed E-state index contributed by atoms with van der Waals surface area (Å²) >= 11 is 1.55. The molecule has 1 nitrogen and oxygen atoms in total. The normalized spacial score (nSPS) is 16.4. The van der Waals surface area contributed by atoms with Gasteiger partial charge < -0.3 is 5.73 Å². The van der Waals surface area contributed by atoms with Gasteiger partial charge in [-0.3, -0.25) is 0 Å². The minimum atomic E-state index is -1.36. The summed E-state index contributed by atoms with van der Waals surface area (Å²) < 4.78 is 13.4. The molecule has 1 aromatic heterocycles. The van der Waals surface area contributed by atoms with Gasteiger partial charge in [-0.25, -0.2) is 4.39 Å². The van der Waals surface area contributed by atoms with Crippen molar-refractivity contribution >= 4 is 11.3 Å². The number of nitrogens with two attached hydrogens (primary N) is 1. The van der Waals surface area contributed by atoms with Crippen molar-refractivity contribution in [2.24, 2.45) is 5.73 Å². The van der Waals surface area contributed by atoms with Crippen molar-refractivity contribution in [1.82, 2.24) is 0 Å². The molecule has 0 spiro atoms. The Kier molecular flexibility index (Phi) is 2.30. The minimum Gasteiger partial charge on any atom is -0.327 e. The first-order chi connectivity index (χ1) is 5.06. The van der Waals surface area contributed by atoms with Crippen LogP contribution in [0.3, 0.4) is 0 Å². The van der Waals surface area contributed by atoms with Crippen LogP contribution in [-0.2, 0) is 5.67 Å². The van der Waals surface area contributed by atoms with E-state index in [4.69, 9.17) is 5.73 Å². The molecule has 0 amide bonds. The van der Waals surface area contributed by atoms with Crippen LogP contribution in [0.4, 0.5) is 4.39 Å². The highest BCUT2D eigenvalue weighted by atomic mass is 32.1. The molecule has 1 atom stereocenters. The van der Waals surface area contributed by atoms with Gasteiger partial charge in [0.1, 0.15) is 5.67 Å². The summed E-state index contributed by atoms with van der Waals surface area (Å²) in [5.41, 5.74) is 4.62. The predicted molar refractivity (Wildman–Crippen MR) is 46.6 cm³/mol. The fourth-order valence-corrected chi connectivity index (χ4v) is 1.66. The summed E-state index contributed by atoms with van der Waals surface area (Å²) in [7, 11) is 0. The first-order valence-electron chi connectivity index (χ1n) is 3.51. The highest BCUT2D eigenvalue weighted by Gasteiger charge is 2.24. The first-order valence-corrected chi connectivity index (χ1v) is 4.39. The lowest BCUT2D eigenvalue weighted by atomic mass is 10.0. The van der Waals surface area contributed by atoms with E-state index < -0.39 is 5.67 Å². The third-order valence-electron chi connectivity index (χ3n) is 1.72. The van der Waals surface area contributed by atoms with Gasteiger partial charge in [0, 0.05) is 17.0 Å². The van der Waals surface area contributed by atoms with Crippen LogP contribution < -0.4 is 5.73 Å². The molecule has 11 heavy (non-hydrogen) atoms. The van der Waals surface area contributed by atoms with E-state index in [1.807, 2.05) is 18.4 Å². The molecule has 1 aromatic rings. The van der Waals surface area contributed by atoms with E-state index in [0.717, 1.165) is 4.88 Å². The second-order valence-electron chi connectivity index (χ2n) is 2.85. The maximum Gasteiger partial charge on any atom is 0.146 e. The molecule has 0 saturated heterocycles. The average Bonchev–Trinajstić information content (AvgIpc) is 2.36. The summed E-state index contributed by atoms with van der Waals surface area (Å²) in [5.74, 6) is 0. The maximum atomic E-state index is 13.4. The van der Waals surface area contributed by atoms with Crippen LogP contribution in [0.2, 0.25) is 0 Å². The summed E-state index contributed by atoms with van der Waals surface area (Å²) in [6.07, 6.45) is 0. The SMILES string of the molecule is Cc1cc(C(C)(F)CN)cs1. The summed E-state index contributed by atoms with van der Waals surface area (Å²) in [5, 5.41) is 1.82. The van der Waals surface area contributed by atoms with Crippen molar-refractivity contribution in [2.75, 3.05) is 6.54 Å². The number of alkyl halides is 1. The molecule has 0 aromatic carbocycles. The molecular formula is C8H12FNS. The van der Waals surface area contributed by atoms with Crippen molar-refractivity contribution in [1.29, 1.82) is 0 Å². The Morgan fingerprint density at radius 1 is 1.73 bits per heavy atom. The number of thiophene rings is 1. The third-order valence-corrected chi connectivity index (χ3v) is 2.58. The lowest BCUT2D eigenvalue weighted by Crippen LogP contribution is -2.25. The maximum absolute atomic E-state index is 13.4. The molecule has 0 aliphatic heterocycles. The first kappa shape index (κ1) is 8.68. The van der Waals surface area contributed by atoms with Gasteiger partial charge in [0.15, 0.2) is 0 Å². The lowest BCUT2D eigenvalue weighted by Gasteiger charge is -2.15. The van der Waals surface area contributed by atoms with E-state index in [1.54, 1.807) is 11.3 Å². The van der Waals surface area contributed by atoms with E-state index in [0.29, 0.717) is 5.56 Å². The highest BCUT2D eigenvalue weighted by molar-refractivity contribution is 7.10. The van der Waals surface area contributed by atoms with Gasteiger partial charge in [-0.15, -0.1) is 11.3 Å². The summed E-state index contributed by atoms with van der Waals surface area (Å²) in [4.78, 5) is 1.12. The van der Waals surface area contributed by atoms with Gasteiger partial charge in [-0.2, -0.15) is 0 Å². The van der Waals surface area contributed by atoms with E-state index in [2.05, 4.69) is 0 Å². The molecule has 0 saturated carbocycles. The van der Waals surface area contributed by atoms with Gasteiger partial charge >= 0.3 is 0 Å². The lowest BCUT2D eigenvalue weighted by molar-refractivity contribution is 0.204. The Bertz CT molecular complexity index is 242. The molecule has 2 N–H and O–H groups in total. The molecule has 1 rings (SSSR count). The third kappa shape index (κ3) is 1.79. The number of aryl methyl sites for hydroxylation is 1. The molecule has 1 heterocycles. The number of hydrogen-bond donors (Lipinski definition) is 1. The Labute approximate surface area is 70.0 Å². The van der Waals surface area contributed by atoms with E-state index in [1.165, 1.54) is 6.92 Å². The number of halogens is 1. The van der Waals surface area contributed by atoms with Crippen molar-refractivity contribution in [2.45, 2.75) is 19.5 Å². The van der Waals surface area contributed by atoms with Crippen LogP contribution >= 0.6 is 11.3 Å². The Balaban J connectivity index is 2.92. The molecule has 0 aliphatic rings. The number of hydrogen-bond acceptors (Lipinski definition) is 2. The zero-order chi connectivity index (χ0) is 8.48. The van der Waals surface area contributed by atoms with Crippen molar-refractivity contribution in [3.63, 3.8) is 0 Å². The zero-order valence-electron chi connectivity index (χ0n) is 6.73. The van der Waals surface area contributed by atoms with Crippen LogP contribution in [0.15, 0.2) is 11.4 Å². The van der Waals surface area contributed by atoms with Crippen LogP contribution in [0.5, 0.6) is 0 Å². The Hall–Kier alpha value is -0.410. The Morgan fingerprint density at radius 3 is 2.73 bits per heavy atom. The van der Waals surface area contributed by atoms with Crippen LogP contribution in [-0.4, -0.2) is 6.54 Å². The van der Waals surface area contributed by atoms with Gasteiger partial charge in [0.05, 0.1) is 0 Å². The van der Waals surface area contributed by atoms with Crippen LogP contribution in [0.1, 0.15) is 17.4 Å². The van der Waals surface area contributed by atoms with Gasteiger partial charge in [0.2, 0.25) is 0 Å². The van der Waals surface area contributed by atoms with Crippen LogP contribution in [0, 0.1) is 6.92 Å². The Morgan fingerprint density at radius 2 is 2.36 bits per heavy atom. The molecule has 0 radical (unpaired) electrons. The van der Waals surface area contributed by atoms with Crippen molar-refractivity contribution < 1.29 is 4.39 Å². The highest BCUT2D eigenvalue weighted by Crippen LogP contribution is 2.27. The fourth-order valence-electron chi connectivity index (χ4n) is 0.835.